The second-order valence-corrected chi connectivity index (χ2v) is 6.35. The van der Waals surface area contributed by atoms with E-state index < -0.39 is 0 Å². The number of ketones is 1. The molecule has 0 spiro atoms. The van der Waals surface area contributed by atoms with Gasteiger partial charge in [0.05, 0.1) is 12.8 Å². The average molecular weight is 375 g/mol. The number of pyridine rings is 1. The number of anilines is 3. The zero-order chi connectivity index (χ0) is 20.1. The Bertz CT molecular complexity index is 1030. The summed E-state index contributed by atoms with van der Waals surface area (Å²) < 4.78 is 5.36. The minimum Gasteiger partial charge on any atom is -0.495 e. The molecule has 0 bridgehead atoms. The van der Waals surface area contributed by atoms with Crippen LogP contribution in [0.25, 0.3) is 0 Å². The van der Waals surface area contributed by atoms with E-state index in [1.165, 1.54) is 6.92 Å². The maximum Gasteiger partial charge on any atom is 0.255 e. The number of aromatic nitrogens is 1. The number of carbonyl (C=O) groups is 2. The zero-order valence-electron chi connectivity index (χ0n) is 15.9. The summed E-state index contributed by atoms with van der Waals surface area (Å²) in [6.45, 7) is 3.47. The van der Waals surface area contributed by atoms with Crippen LogP contribution < -0.4 is 15.4 Å². The number of hydrogen-bond acceptors (Lipinski definition) is 5. The van der Waals surface area contributed by atoms with Gasteiger partial charge in [-0.05, 0) is 55.8 Å². The molecule has 0 radical (unpaired) electrons. The normalized spacial score (nSPS) is 10.2. The van der Waals surface area contributed by atoms with Crippen molar-refractivity contribution in [3.05, 3.63) is 77.5 Å². The summed E-state index contributed by atoms with van der Waals surface area (Å²) in [5.41, 5.74) is 3.38. The zero-order valence-corrected chi connectivity index (χ0v) is 15.9. The molecule has 6 heteroatoms. The summed E-state index contributed by atoms with van der Waals surface area (Å²) in [4.78, 5) is 28.4. The summed E-state index contributed by atoms with van der Waals surface area (Å²) >= 11 is 0. The van der Waals surface area contributed by atoms with E-state index >= 15 is 0 Å². The molecule has 2 aromatic carbocycles. The highest BCUT2D eigenvalue weighted by Gasteiger charge is 2.10. The molecular weight excluding hydrogens is 354 g/mol. The first kappa shape index (κ1) is 19.1. The number of nitrogens with zero attached hydrogens (tertiary/aromatic N) is 1. The van der Waals surface area contributed by atoms with Crippen molar-refractivity contribution in [2.75, 3.05) is 17.7 Å². The predicted molar refractivity (Wildman–Crippen MR) is 110 cm³/mol. The topological polar surface area (TPSA) is 80.3 Å². The lowest BCUT2D eigenvalue weighted by Gasteiger charge is -2.12. The molecule has 6 nitrogen and oxygen atoms in total. The van der Waals surface area contributed by atoms with E-state index in [0.717, 1.165) is 11.3 Å². The van der Waals surface area contributed by atoms with Crippen molar-refractivity contribution in [1.82, 2.24) is 4.98 Å². The molecule has 1 heterocycles. The summed E-state index contributed by atoms with van der Waals surface area (Å²) in [5, 5.41) is 5.99. The molecule has 2 N–H and O–H groups in total. The van der Waals surface area contributed by atoms with E-state index in [-0.39, 0.29) is 11.7 Å². The van der Waals surface area contributed by atoms with Gasteiger partial charge in [0.2, 0.25) is 0 Å². The summed E-state index contributed by atoms with van der Waals surface area (Å²) in [6, 6.07) is 15.9. The summed E-state index contributed by atoms with van der Waals surface area (Å²) in [5.74, 6) is 0.860. The molecule has 0 saturated heterocycles. The number of ether oxygens (including phenoxy) is 1. The fourth-order valence-corrected chi connectivity index (χ4v) is 2.72. The van der Waals surface area contributed by atoms with Crippen LogP contribution >= 0.6 is 0 Å². The maximum atomic E-state index is 12.6. The van der Waals surface area contributed by atoms with Gasteiger partial charge in [-0.1, -0.05) is 18.2 Å². The third kappa shape index (κ3) is 4.54. The van der Waals surface area contributed by atoms with Gasteiger partial charge < -0.3 is 15.4 Å². The van der Waals surface area contributed by atoms with E-state index in [1.54, 1.807) is 49.7 Å². The number of rotatable bonds is 6. The SMILES string of the molecule is COc1ccc(C)cc1Nc1cc(C(=O)Nc2cccc(C(C)=O)c2)ccn1. The van der Waals surface area contributed by atoms with Crippen molar-refractivity contribution < 1.29 is 14.3 Å². The standard InChI is InChI=1S/C22H21N3O3/c1-14-7-8-20(28-3)19(11-14)25-21-13-17(9-10-23-21)22(27)24-18-6-4-5-16(12-18)15(2)26/h4-13H,1-3H3,(H,23,25)(H,24,27). The molecular formula is C22H21N3O3. The summed E-state index contributed by atoms with van der Waals surface area (Å²) in [7, 11) is 1.60. The molecule has 0 aliphatic rings. The first-order valence-electron chi connectivity index (χ1n) is 8.76. The fourth-order valence-electron chi connectivity index (χ4n) is 2.72. The highest BCUT2D eigenvalue weighted by Crippen LogP contribution is 2.28. The number of hydrogen-bond donors (Lipinski definition) is 2. The van der Waals surface area contributed by atoms with Gasteiger partial charge in [-0.15, -0.1) is 0 Å². The Morgan fingerprint density at radius 3 is 2.57 bits per heavy atom. The Balaban J connectivity index is 1.79. The maximum absolute atomic E-state index is 12.6. The number of Topliss-reactive ketones (excluding diaryl/α,β-unsaturated/α-hetero) is 1. The number of aryl methyl sites for hydroxylation is 1. The van der Waals surface area contributed by atoms with Gasteiger partial charge in [0.15, 0.2) is 5.78 Å². The van der Waals surface area contributed by atoms with Crippen LogP contribution in [0.1, 0.15) is 33.2 Å². The number of amides is 1. The Labute approximate surface area is 163 Å². The highest BCUT2D eigenvalue weighted by atomic mass is 16.5. The van der Waals surface area contributed by atoms with E-state index in [4.69, 9.17) is 4.74 Å². The van der Waals surface area contributed by atoms with Crippen LogP contribution in [0.2, 0.25) is 0 Å². The van der Waals surface area contributed by atoms with Gasteiger partial charge in [-0.25, -0.2) is 4.98 Å². The minimum atomic E-state index is -0.289. The van der Waals surface area contributed by atoms with Crippen LogP contribution in [0.15, 0.2) is 60.8 Å². The molecule has 0 saturated carbocycles. The Hall–Kier alpha value is -3.67. The third-order valence-corrected chi connectivity index (χ3v) is 4.17. The van der Waals surface area contributed by atoms with Crippen LogP contribution in [-0.2, 0) is 0 Å². The van der Waals surface area contributed by atoms with Crippen LogP contribution in [0, 0.1) is 6.92 Å². The van der Waals surface area contributed by atoms with Gasteiger partial charge in [-0.2, -0.15) is 0 Å². The monoisotopic (exact) mass is 375 g/mol. The van der Waals surface area contributed by atoms with Crippen molar-refractivity contribution in [3.8, 4) is 5.75 Å². The van der Waals surface area contributed by atoms with Crippen LogP contribution in [0.3, 0.4) is 0 Å². The number of nitrogens with one attached hydrogen (secondary N) is 2. The largest absolute Gasteiger partial charge is 0.495 e. The second-order valence-electron chi connectivity index (χ2n) is 6.35. The molecule has 3 aromatic rings. The van der Waals surface area contributed by atoms with Crippen molar-refractivity contribution in [2.24, 2.45) is 0 Å². The fraction of sp³-hybridized carbons (Fsp3) is 0.136. The Morgan fingerprint density at radius 1 is 1.00 bits per heavy atom. The molecule has 0 atom stereocenters. The molecule has 0 aliphatic heterocycles. The van der Waals surface area contributed by atoms with Crippen molar-refractivity contribution in [1.29, 1.82) is 0 Å². The lowest BCUT2D eigenvalue weighted by molar-refractivity contribution is 0.101. The number of benzene rings is 2. The first-order valence-corrected chi connectivity index (χ1v) is 8.76. The number of carbonyl (C=O) groups excluding carboxylic acids is 2. The lowest BCUT2D eigenvalue weighted by Crippen LogP contribution is -2.13. The van der Waals surface area contributed by atoms with Gasteiger partial charge in [0, 0.05) is 23.0 Å². The molecule has 1 aromatic heterocycles. The molecule has 3 rings (SSSR count). The van der Waals surface area contributed by atoms with E-state index in [1.807, 2.05) is 25.1 Å². The molecule has 0 fully saturated rings. The molecule has 0 aliphatic carbocycles. The van der Waals surface area contributed by atoms with Crippen molar-refractivity contribution in [2.45, 2.75) is 13.8 Å². The minimum absolute atomic E-state index is 0.0569. The van der Waals surface area contributed by atoms with Crippen molar-refractivity contribution >= 4 is 28.9 Å². The first-order chi connectivity index (χ1) is 13.5. The van der Waals surface area contributed by atoms with Crippen LogP contribution in [0.4, 0.5) is 17.2 Å². The summed E-state index contributed by atoms with van der Waals surface area (Å²) in [6.07, 6.45) is 1.56. The molecule has 28 heavy (non-hydrogen) atoms. The molecule has 1 amide bonds. The Kier molecular flexibility index (Phi) is 5.69. The van der Waals surface area contributed by atoms with Crippen molar-refractivity contribution in [3.63, 3.8) is 0 Å². The molecule has 142 valence electrons. The van der Waals surface area contributed by atoms with Gasteiger partial charge in [-0.3, -0.25) is 9.59 Å². The van der Waals surface area contributed by atoms with E-state index in [9.17, 15) is 9.59 Å². The lowest BCUT2D eigenvalue weighted by atomic mass is 10.1. The van der Waals surface area contributed by atoms with Crippen LogP contribution in [-0.4, -0.2) is 23.8 Å². The van der Waals surface area contributed by atoms with Gasteiger partial charge >= 0.3 is 0 Å². The average Bonchev–Trinajstić information content (AvgIpc) is 2.68. The van der Waals surface area contributed by atoms with Gasteiger partial charge in [0.1, 0.15) is 11.6 Å². The molecule has 0 unspecified atom stereocenters. The third-order valence-electron chi connectivity index (χ3n) is 4.17. The van der Waals surface area contributed by atoms with Gasteiger partial charge in [0.25, 0.3) is 5.91 Å². The van der Waals surface area contributed by atoms with E-state index in [0.29, 0.717) is 28.4 Å². The highest BCUT2D eigenvalue weighted by molar-refractivity contribution is 6.05. The Morgan fingerprint density at radius 2 is 1.82 bits per heavy atom. The smallest absolute Gasteiger partial charge is 0.255 e. The second kappa shape index (κ2) is 8.35. The van der Waals surface area contributed by atoms with E-state index in [2.05, 4.69) is 15.6 Å². The quantitative estimate of drug-likeness (QED) is 0.616. The predicted octanol–water partition coefficient (Wildman–Crippen LogP) is 4.60. The van der Waals surface area contributed by atoms with Crippen LogP contribution in [0.5, 0.6) is 5.75 Å². The number of methoxy groups -OCH3 is 1.